The van der Waals surface area contributed by atoms with Crippen LogP contribution in [0.3, 0.4) is 0 Å². The van der Waals surface area contributed by atoms with Crippen molar-refractivity contribution < 1.29 is 0 Å². The van der Waals surface area contributed by atoms with Gasteiger partial charge in [0.05, 0.1) is 0 Å². The molecule has 0 aliphatic heterocycles. The van der Waals surface area contributed by atoms with Gasteiger partial charge in [0.2, 0.25) is 0 Å². The minimum Gasteiger partial charge on any atom is -0.297 e. The van der Waals surface area contributed by atoms with Crippen molar-refractivity contribution in [3.05, 3.63) is 58.3 Å². The van der Waals surface area contributed by atoms with Crippen LogP contribution in [-0.4, -0.2) is 23.9 Å². The molecule has 1 heterocycles. The SMILES string of the molecule is ClCCN(CCc1ccccc1)Cc1cccs1. The molecule has 3 heteroatoms. The molecule has 0 radical (unpaired) electrons. The Labute approximate surface area is 118 Å². The molecule has 2 rings (SSSR count). The van der Waals surface area contributed by atoms with E-state index in [0.29, 0.717) is 5.88 Å². The molecule has 1 aromatic carbocycles. The summed E-state index contributed by atoms with van der Waals surface area (Å²) in [5.41, 5.74) is 1.39. The van der Waals surface area contributed by atoms with Crippen LogP contribution >= 0.6 is 22.9 Å². The zero-order valence-electron chi connectivity index (χ0n) is 10.4. The van der Waals surface area contributed by atoms with Crippen molar-refractivity contribution in [2.24, 2.45) is 0 Å². The Morgan fingerprint density at radius 3 is 2.50 bits per heavy atom. The quantitative estimate of drug-likeness (QED) is 0.692. The van der Waals surface area contributed by atoms with Crippen LogP contribution in [0, 0.1) is 0 Å². The van der Waals surface area contributed by atoms with Gasteiger partial charge in [0.25, 0.3) is 0 Å². The van der Waals surface area contributed by atoms with Gasteiger partial charge >= 0.3 is 0 Å². The predicted octanol–water partition coefficient (Wildman–Crippen LogP) is 4.03. The van der Waals surface area contributed by atoms with Crippen LogP contribution in [0.2, 0.25) is 0 Å². The average Bonchev–Trinajstić information content (AvgIpc) is 2.90. The zero-order valence-corrected chi connectivity index (χ0v) is 12.0. The first-order valence-electron chi connectivity index (χ1n) is 6.23. The second-order valence-electron chi connectivity index (χ2n) is 4.28. The van der Waals surface area contributed by atoms with Crippen LogP contribution in [0.15, 0.2) is 47.8 Å². The van der Waals surface area contributed by atoms with Crippen molar-refractivity contribution in [3.8, 4) is 0 Å². The number of thiophene rings is 1. The molecule has 1 nitrogen and oxygen atoms in total. The summed E-state index contributed by atoms with van der Waals surface area (Å²) in [5, 5.41) is 2.13. The molecule has 0 spiro atoms. The number of nitrogens with zero attached hydrogens (tertiary/aromatic N) is 1. The number of benzene rings is 1. The highest BCUT2D eigenvalue weighted by molar-refractivity contribution is 7.09. The monoisotopic (exact) mass is 279 g/mol. The zero-order chi connectivity index (χ0) is 12.6. The topological polar surface area (TPSA) is 3.24 Å². The van der Waals surface area contributed by atoms with Gasteiger partial charge in [-0.25, -0.2) is 0 Å². The molecule has 0 amide bonds. The molecule has 0 N–H and O–H groups in total. The van der Waals surface area contributed by atoms with Crippen molar-refractivity contribution in [3.63, 3.8) is 0 Å². The number of hydrogen-bond acceptors (Lipinski definition) is 2. The van der Waals surface area contributed by atoms with Gasteiger partial charge in [-0.1, -0.05) is 36.4 Å². The highest BCUT2D eigenvalue weighted by atomic mass is 35.5. The van der Waals surface area contributed by atoms with Gasteiger partial charge < -0.3 is 0 Å². The summed E-state index contributed by atoms with van der Waals surface area (Å²) >= 11 is 7.69. The maximum absolute atomic E-state index is 5.88. The third kappa shape index (κ3) is 4.45. The van der Waals surface area contributed by atoms with E-state index in [-0.39, 0.29) is 0 Å². The maximum Gasteiger partial charge on any atom is 0.0351 e. The van der Waals surface area contributed by atoms with E-state index < -0.39 is 0 Å². The molecular weight excluding hydrogens is 262 g/mol. The van der Waals surface area contributed by atoms with Crippen molar-refractivity contribution in [1.82, 2.24) is 4.90 Å². The highest BCUT2D eigenvalue weighted by Crippen LogP contribution is 2.12. The fraction of sp³-hybridized carbons (Fsp3) is 0.333. The second kappa shape index (κ2) is 7.57. The summed E-state index contributed by atoms with van der Waals surface area (Å²) in [4.78, 5) is 3.83. The molecular formula is C15H18ClNS. The van der Waals surface area contributed by atoms with Crippen LogP contribution in [0.4, 0.5) is 0 Å². The van der Waals surface area contributed by atoms with E-state index in [1.165, 1.54) is 10.4 Å². The van der Waals surface area contributed by atoms with Crippen LogP contribution in [0.1, 0.15) is 10.4 Å². The third-order valence-corrected chi connectivity index (χ3v) is 3.95. The summed E-state index contributed by atoms with van der Waals surface area (Å²) < 4.78 is 0. The summed E-state index contributed by atoms with van der Waals surface area (Å²) in [6.45, 7) is 3.03. The Balaban J connectivity index is 1.86. The summed E-state index contributed by atoms with van der Waals surface area (Å²) in [6, 6.07) is 14.9. The van der Waals surface area contributed by atoms with E-state index in [4.69, 9.17) is 11.6 Å². The summed E-state index contributed by atoms with van der Waals surface area (Å²) in [5.74, 6) is 0.695. The minimum absolute atomic E-state index is 0.695. The summed E-state index contributed by atoms with van der Waals surface area (Å²) in [6.07, 6.45) is 1.09. The Hall–Kier alpha value is -0.830. The molecule has 0 fully saturated rings. The van der Waals surface area contributed by atoms with E-state index in [0.717, 1.165) is 26.1 Å². The number of halogens is 1. The van der Waals surface area contributed by atoms with Crippen molar-refractivity contribution in [2.45, 2.75) is 13.0 Å². The van der Waals surface area contributed by atoms with Crippen LogP contribution < -0.4 is 0 Å². The predicted molar refractivity (Wildman–Crippen MR) is 80.5 cm³/mol. The number of hydrogen-bond donors (Lipinski definition) is 0. The Morgan fingerprint density at radius 1 is 1.00 bits per heavy atom. The van der Waals surface area contributed by atoms with E-state index >= 15 is 0 Å². The van der Waals surface area contributed by atoms with E-state index in [1.807, 2.05) is 11.3 Å². The first kappa shape index (κ1) is 13.6. The fourth-order valence-electron chi connectivity index (χ4n) is 1.94. The Kier molecular flexibility index (Phi) is 5.72. The fourth-order valence-corrected chi connectivity index (χ4v) is 2.93. The molecule has 0 bridgehead atoms. The molecule has 0 atom stereocenters. The van der Waals surface area contributed by atoms with Gasteiger partial charge in [-0.05, 0) is 23.4 Å². The minimum atomic E-state index is 0.695. The lowest BCUT2D eigenvalue weighted by Crippen LogP contribution is -2.27. The Bertz CT molecular complexity index is 427. The van der Waals surface area contributed by atoms with Crippen LogP contribution in [-0.2, 0) is 13.0 Å². The lowest BCUT2D eigenvalue weighted by Gasteiger charge is -2.20. The molecule has 18 heavy (non-hydrogen) atoms. The molecule has 0 aliphatic carbocycles. The highest BCUT2D eigenvalue weighted by Gasteiger charge is 2.06. The number of rotatable bonds is 7. The summed E-state index contributed by atoms with van der Waals surface area (Å²) in [7, 11) is 0. The van der Waals surface area contributed by atoms with Gasteiger partial charge in [-0.3, -0.25) is 4.90 Å². The molecule has 0 unspecified atom stereocenters. The molecule has 0 saturated carbocycles. The molecule has 96 valence electrons. The first-order valence-corrected chi connectivity index (χ1v) is 7.64. The van der Waals surface area contributed by atoms with E-state index in [2.05, 4.69) is 52.7 Å². The first-order chi connectivity index (χ1) is 8.88. The molecule has 1 aromatic heterocycles. The van der Waals surface area contributed by atoms with Crippen molar-refractivity contribution in [1.29, 1.82) is 0 Å². The largest absolute Gasteiger partial charge is 0.297 e. The number of alkyl halides is 1. The van der Waals surface area contributed by atoms with Gasteiger partial charge in [-0.2, -0.15) is 0 Å². The van der Waals surface area contributed by atoms with Gasteiger partial charge in [0, 0.05) is 30.4 Å². The van der Waals surface area contributed by atoms with E-state index in [9.17, 15) is 0 Å². The lowest BCUT2D eigenvalue weighted by atomic mass is 10.1. The van der Waals surface area contributed by atoms with E-state index in [1.54, 1.807) is 0 Å². The normalized spacial score (nSPS) is 11.0. The average molecular weight is 280 g/mol. The standard InChI is InChI=1S/C15H18ClNS/c16-9-11-17(13-15-7-4-12-18-15)10-8-14-5-2-1-3-6-14/h1-7,12H,8-11,13H2. The van der Waals surface area contributed by atoms with Gasteiger partial charge in [0.1, 0.15) is 0 Å². The molecule has 2 aromatic rings. The Morgan fingerprint density at radius 2 is 1.83 bits per heavy atom. The molecule has 0 aliphatic rings. The second-order valence-corrected chi connectivity index (χ2v) is 5.69. The lowest BCUT2D eigenvalue weighted by molar-refractivity contribution is 0.288. The van der Waals surface area contributed by atoms with Crippen LogP contribution in [0.5, 0.6) is 0 Å². The van der Waals surface area contributed by atoms with Gasteiger partial charge in [-0.15, -0.1) is 22.9 Å². The smallest absolute Gasteiger partial charge is 0.0351 e. The maximum atomic E-state index is 5.88. The van der Waals surface area contributed by atoms with Crippen molar-refractivity contribution >= 4 is 22.9 Å². The molecule has 0 saturated heterocycles. The third-order valence-electron chi connectivity index (χ3n) is 2.92. The van der Waals surface area contributed by atoms with Gasteiger partial charge in [0.15, 0.2) is 0 Å². The van der Waals surface area contributed by atoms with Crippen LogP contribution in [0.25, 0.3) is 0 Å². The van der Waals surface area contributed by atoms with Crippen molar-refractivity contribution in [2.75, 3.05) is 19.0 Å².